The van der Waals surface area contributed by atoms with Crippen molar-refractivity contribution in [3.8, 4) is 11.5 Å². The quantitative estimate of drug-likeness (QED) is 0.618. The second-order valence-electron chi connectivity index (χ2n) is 7.66. The van der Waals surface area contributed by atoms with Gasteiger partial charge in [0, 0.05) is 19.2 Å². The van der Waals surface area contributed by atoms with Gasteiger partial charge in [-0.25, -0.2) is 8.42 Å². The molecule has 0 aromatic heterocycles. The van der Waals surface area contributed by atoms with E-state index in [9.17, 15) is 13.2 Å². The molecule has 31 heavy (non-hydrogen) atoms. The summed E-state index contributed by atoms with van der Waals surface area (Å²) in [6.07, 6.45) is 5.25. The molecule has 3 rings (SSSR count). The zero-order chi connectivity index (χ0) is 22.4. The largest absolute Gasteiger partial charge is 0.493 e. The second-order valence-corrected chi connectivity index (χ2v) is 9.52. The molecule has 0 aliphatic heterocycles. The van der Waals surface area contributed by atoms with Crippen molar-refractivity contribution < 1.29 is 22.7 Å². The number of nitrogens with zero attached hydrogens (tertiary/aromatic N) is 2. The molecule has 0 unspecified atom stereocenters. The Morgan fingerprint density at radius 2 is 1.61 bits per heavy atom. The number of amides is 1. The van der Waals surface area contributed by atoms with Gasteiger partial charge in [0.2, 0.25) is 5.91 Å². The lowest BCUT2D eigenvalue weighted by atomic mass is 9.94. The van der Waals surface area contributed by atoms with Crippen LogP contribution in [0.3, 0.4) is 0 Å². The third-order valence-electron chi connectivity index (χ3n) is 5.78. The maximum Gasteiger partial charge on any atom is 0.264 e. The Bertz CT molecular complexity index is 988. The highest BCUT2D eigenvalue weighted by atomic mass is 32.2. The number of rotatable bonds is 8. The molecule has 1 amide bonds. The van der Waals surface area contributed by atoms with Crippen molar-refractivity contribution in [2.45, 2.75) is 43.0 Å². The Balaban J connectivity index is 1.97. The molecule has 1 aliphatic rings. The van der Waals surface area contributed by atoms with Crippen LogP contribution in [0.5, 0.6) is 11.5 Å². The number of methoxy groups -OCH3 is 2. The van der Waals surface area contributed by atoms with E-state index >= 15 is 0 Å². The highest BCUT2D eigenvalue weighted by molar-refractivity contribution is 7.92. The molecule has 0 heterocycles. The van der Waals surface area contributed by atoms with Crippen molar-refractivity contribution in [3.05, 3.63) is 48.5 Å². The van der Waals surface area contributed by atoms with Crippen molar-refractivity contribution in [3.63, 3.8) is 0 Å². The van der Waals surface area contributed by atoms with Gasteiger partial charge < -0.3 is 14.4 Å². The van der Waals surface area contributed by atoms with E-state index in [1.54, 1.807) is 48.3 Å². The summed E-state index contributed by atoms with van der Waals surface area (Å²) < 4.78 is 38.8. The third kappa shape index (κ3) is 5.12. The van der Waals surface area contributed by atoms with Gasteiger partial charge in [-0.2, -0.15) is 0 Å². The van der Waals surface area contributed by atoms with Gasteiger partial charge in [-0.1, -0.05) is 37.5 Å². The normalized spacial score (nSPS) is 14.7. The van der Waals surface area contributed by atoms with Gasteiger partial charge in [-0.3, -0.25) is 9.10 Å². The SMILES string of the molecule is COc1ccc(N(CC(=O)N(C)C2CCCCC2)S(=O)(=O)c2ccccc2)cc1OC. The highest BCUT2D eigenvalue weighted by Gasteiger charge is 2.31. The number of benzene rings is 2. The van der Waals surface area contributed by atoms with Gasteiger partial charge in [0.1, 0.15) is 6.54 Å². The minimum absolute atomic E-state index is 0.123. The number of anilines is 1. The Labute approximate surface area is 184 Å². The van der Waals surface area contributed by atoms with Crippen molar-refractivity contribution in [2.75, 3.05) is 32.1 Å². The minimum atomic E-state index is -3.97. The fraction of sp³-hybridized carbons (Fsp3) is 0.435. The molecule has 2 aromatic carbocycles. The van der Waals surface area contributed by atoms with E-state index in [-0.39, 0.29) is 23.4 Å². The minimum Gasteiger partial charge on any atom is -0.493 e. The molecule has 0 saturated heterocycles. The molecule has 8 heteroatoms. The molecule has 1 saturated carbocycles. The van der Waals surface area contributed by atoms with E-state index in [1.165, 1.54) is 32.8 Å². The van der Waals surface area contributed by atoms with Crippen LogP contribution in [-0.2, 0) is 14.8 Å². The first kappa shape index (κ1) is 22.9. The average molecular weight is 447 g/mol. The lowest BCUT2D eigenvalue weighted by molar-refractivity contribution is -0.130. The molecule has 2 aromatic rings. The van der Waals surface area contributed by atoms with Crippen LogP contribution in [0.4, 0.5) is 5.69 Å². The molecule has 0 bridgehead atoms. The van der Waals surface area contributed by atoms with Gasteiger partial charge in [-0.15, -0.1) is 0 Å². The van der Waals surface area contributed by atoms with E-state index in [0.717, 1.165) is 30.0 Å². The molecule has 0 radical (unpaired) electrons. The summed E-state index contributed by atoms with van der Waals surface area (Å²) in [6.45, 7) is -0.292. The summed E-state index contributed by atoms with van der Waals surface area (Å²) in [6, 6.07) is 13.1. The number of likely N-dealkylation sites (N-methyl/N-ethyl adjacent to an activating group) is 1. The van der Waals surface area contributed by atoms with Crippen molar-refractivity contribution in [2.24, 2.45) is 0 Å². The summed E-state index contributed by atoms with van der Waals surface area (Å²) in [7, 11) is 0.794. The van der Waals surface area contributed by atoms with Crippen LogP contribution in [0.2, 0.25) is 0 Å². The van der Waals surface area contributed by atoms with Crippen LogP contribution < -0.4 is 13.8 Å². The van der Waals surface area contributed by atoms with Crippen molar-refractivity contribution in [1.29, 1.82) is 0 Å². The van der Waals surface area contributed by atoms with Crippen LogP contribution in [-0.4, -0.2) is 53.1 Å². The predicted octanol–water partition coefficient (Wildman–Crippen LogP) is 3.69. The topological polar surface area (TPSA) is 76.2 Å². The van der Waals surface area contributed by atoms with Crippen LogP contribution in [0.25, 0.3) is 0 Å². The molecular formula is C23H30N2O5S. The van der Waals surface area contributed by atoms with Gasteiger partial charge in [0.25, 0.3) is 10.0 Å². The summed E-state index contributed by atoms with van der Waals surface area (Å²) in [5, 5.41) is 0. The molecule has 0 atom stereocenters. The van der Waals surface area contributed by atoms with E-state index < -0.39 is 10.0 Å². The summed E-state index contributed by atoms with van der Waals surface area (Å²) in [4.78, 5) is 15.0. The number of hydrogen-bond donors (Lipinski definition) is 0. The van der Waals surface area contributed by atoms with E-state index in [4.69, 9.17) is 9.47 Å². The van der Waals surface area contributed by atoms with Crippen LogP contribution in [0.1, 0.15) is 32.1 Å². The van der Waals surface area contributed by atoms with Crippen LogP contribution in [0.15, 0.2) is 53.4 Å². The zero-order valence-electron chi connectivity index (χ0n) is 18.3. The Morgan fingerprint density at radius 1 is 0.968 bits per heavy atom. The average Bonchev–Trinajstić information content (AvgIpc) is 2.82. The van der Waals surface area contributed by atoms with Gasteiger partial charge in [0.15, 0.2) is 11.5 Å². The number of ether oxygens (including phenoxy) is 2. The number of hydrogen-bond acceptors (Lipinski definition) is 5. The molecule has 1 aliphatic carbocycles. The molecule has 0 N–H and O–H groups in total. The molecule has 168 valence electrons. The molecule has 1 fully saturated rings. The maximum absolute atomic E-state index is 13.5. The summed E-state index contributed by atoms with van der Waals surface area (Å²) >= 11 is 0. The first-order valence-electron chi connectivity index (χ1n) is 10.4. The van der Waals surface area contributed by atoms with Crippen molar-refractivity contribution >= 4 is 21.6 Å². The van der Waals surface area contributed by atoms with E-state index in [2.05, 4.69) is 0 Å². The number of carbonyl (C=O) groups excluding carboxylic acids is 1. The monoisotopic (exact) mass is 446 g/mol. The van der Waals surface area contributed by atoms with E-state index in [0.29, 0.717) is 17.2 Å². The standard InChI is InChI=1S/C23H30N2O5S/c1-24(18-10-6-4-7-11-18)23(26)17-25(31(27,28)20-12-8-5-9-13-20)19-14-15-21(29-2)22(16-19)30-3/h5,8-9,12-16,18H,4,6-7,10-11,17H2,1-3H3. The molecule has 7 nitrogen and oxygen atoms in total. The Hall–Kier alpha value is -2.74. The lowest BCUT2D eigenvalue weighted by Crippen LogP contribution is -2.45. The number of carbonyl (C=O) groups is 1. The molecule has 0 spiro atoms. The maximum atomic E-state index is 13.5. The molecular weight excluding hydrogens is 416 g/mol. The summed E-state index contributed by atoms with van der Waals surface area (Å²) in [5.74, 6) is 0.636. The third-order valence-corrected chi connectivity index (χ3v) is 7.57. The first-order valence-corrected chi connectivity index (χ1v) is 11.9. The summed E-state index contributed by atoms with van der Waals surface area (Å²) in [5.41, 5.74) is 0.340. The Morgan fingerprint density at radius 3 is 2.23 bits per heavy atom. The smallest absolute Gasteiger partial charge is 0.264 e. The zero-order valence-corrected chi connectivity index (χ0v) is 19.1. The van der Waals surface area contributed by atoms with Crippen LogP contribution >= 0.6 is 0 Å². The predicted molar refractivity (Wildman–Crippen MR) is 120 cm³/mol. The van der Waals surface area contributed by atoms with E-state index in [1.807, 2.05) is 0 Å². The fourth-order valence-corrected chi connectivity index (χ4v) is 5.35. The highest BCUT2D eigenvalue weighted by Crippen LogP contribution is 2.34. The van der Waals surface area contributed by atoms with Crippen LogP contribution in [0, 0.1) is 0 Å². The first-order chi connectivity index (χ1) is 14.9. The van der Waals surface area contributed by atoms with Gasteiger partial charge >= 0.3 is 0 Å². The second kappa shape index (κ2) is 10.0. The van der Waals surface area contributed by atoms with Gasteiger partial charge in [0.05, 0.1) is 24.8 Å². The van der Waals surface area contributed by atoms with Gasteiger partial charge in [-0.05, 0) is 37.1 Å². The fourth-order valence-electron chi connectivity index (χ4n) is 3.92. The lowest BCUT2D eigenvalue weighted by Gasteiger charge is -2.33. The number of sulfonamides is 1. The Kier molecular flexibility index (Phi) is 7.43. The van der Waals surface area contributed by atoms with Crippen molar-refractivity contribution in [1.82, 2.24) is 4.90 Å².